The Kier molecular flexibility index (Phi) is 9.16. The summed E-state index contributed by atoms with van der Waals surface area (Å²) in [6.07, 6.45) is 2.66. The van der Waals surface area contributed by atoms with Crippen molar-refractivity contribution in [3.63, 3.8) is 0 Å². The molecule has 0 aliphatic carbocycles. The Morgan fingerprint density at radius 1 is 0.960 bits per heavy atom. The number of hydrogen-bond donors (Lipinski definition) is 3. The van der Waals surface area contributed by atoms with E-state index in [2.05, 4.69) is 10.7 Å². The number of nitrogens with one attached hydrogen (secondary N) is 2. The molecule has 0 unspecified atom stereocenters. The van der Waals surface area contributed by atoms with Crippen molar-refractivity contribution < 1.29 is 23.8 Å². The Morgan fingerprint density at radius 3 is 2.12 bits per heavy atom. The first-order valence-electron chi connectivity index (χ1n) is 8.10. The average Bonchev–Trinajstić information content (AvgIpc) is 2.64. The number of methoxy groups -OCH3 is 3. The lowest BCUT2D eigenvalue weighted by Gasteiger charge is -2.14. The lowest BCUT2D eigenvalue weighted by atomic mass is 10.1. The van der Waals surface area contributed by atoms with Gasteiger partial charge in [-0.2, -0.15) is 0 Å². The van der Waals surface area contributed by atoms with E-state index in [1.165, 1.54) is 0 Å². The van der Waals surface area contributed by atoms with Gasteiger partial charge in [0.25, 0.3) is 0 Å². The molecule has 1 aromatic rings. The largest absolute Gasteiger partial charge is 0.493 e. The minimum Gasteiger partial charge on any atom is -0.493 e. The third-order valence-corrected chi connectivity index (χ3v) is 3.68. The highest BCUT2D eigenvalue weighted by Crippen LogP contribution is 2.38. The summed E-state index contributed by atoms with van der Waals surface area (Å²) < 4.78 is 15.9. The van der Waals surface area contributed by atoms with Crippen molar-refractivity contribution in [3.8, 4) is 17.2 Å². The fourth-order valence-corrected chi connectivity index (χ4v) is 2.34. The maximum Gasteiger partial charge on any atom is 0.233 e. The first-order chi connectivity index (χ1) is 12.0. The van der Waals surface area contributed by atoms with Crippen LogP contribution in [0.3, 0.4) is 0 Å². The van der Waals surface area contributed by atoms with E-state index in [0.29, 0.717) is 49.5 Å². The summed E-state index contributed by atoms with van der Waals surface area (Å²) in [4.78, 5) is 22.9. The number of amides is 2. The summed E-state index contributed by atoms with van der Waals surface area (Å²) >= 11 is 0. The van der Waals surface area contributed by atoms with Crippen LogP contribution < -0.4 is 30.8 Å². The number of hydrazine groups is 1. The molecule has 0 aliphatic heterocycles. The molecule has 0 bridgehead atoms. The van der Waals surface area contributed by atoms with E-state index in [4.69, 9.17) is 20.1 Å². The predicted octanol–water partition coefficient (Wildman–Crippen LogP) is 0.921. The maximum absolute atomic E-state index is 11.9. The minimum atomic E-state index is -0.200. The van der Waals surface area contributed by atoms with Crippen LogP contribution in [0.2, 0.25) is 0 Å². The second kappa shape index (κ2) is 11.1. The van der Waals surface area contributed by atoms with Crippen molar-refractivity contribution in [2.24, 2.45) is 5.84 Å². The lowest BCUT2D eigenvalue weighted by molar-refractivity contribution is -0.121. The number of aryl methyl sites for hydroxylation is 1. The SMILES string of the molecule is COc1cc(CCC(=O)NCCCCC(=O)NN)cc(OC)c1OC. The molecule has 1 rings (SSSR count). The fourth-order valence-electron chi connectivity index (χ4n) is 2.34. The van der Waals surface area contributed by atoms with Crippen LogP contribution in [0, 0.1) is 0 Å². The molecule has 0 aliphatic rings. The van der Waals surface area contributed by atoms with Gasteiger partial charge in [0.05, 0.1) is 21.3 Å². The molecule has 2 amide bonds. The molecule has 25 heavy (non-hydrogen) atoms. The van der Waals surface area contributed by atoms with E-state index in [9.17, 15) is 9.59 Å². The zero-order valence-corrected chi connectivity index (χ0v) is 15.0. The first kappa shape index (κ1) is 20.6. The third-order valence-electron chi connectivity index (χ3n) is 3.68. The van der Waals surface area contributed by atoms with Gasteiger partial charge in [0.2, 0.25) is 17.6 Å². The Balaban J connectivity index is 2.44. The van der Waals surface area contributed by atoms with Crippen molar-refractivity contribution in [2.45, 2.75) is 32.1 Å². The number of rotatable bonds is 11. The second-order valence-electron chi connectivity index (χ2n) is 5.41. The van der Waals surface area contributed by atoms with Gasteiger partial charge in [-0.05, 0) is 37.0 Å². The molecule has 0 spiro atoms. The van der Waals surface area contributed by atoms with Gasteiger partial charge < -0.3 is 19.5 Å². The van der Waals surface area contributed by atoms with Crippen LogP contribution in [0.25, 0.3) is 0 Å². The van der Waals surface area contributed by atoms with E-state index in [1.54, 1.807) is 21.3 Å². The van der Waals surface area contributed by atoms with Gasteiger partial charge in [0.15, 0.2) is 11.5 Å². The minimum absolute atomic E-state index is 0.0444. The van der Waals surface area contributed by atoms with Crippen LogP contribution in [0.1, 0.15) is 31.2 Å². The standard InChI is InChI=1S/C17H27N3O5/c1-23-13-10-12(11-14(24-2)17(13)25-3)7-8-15(21)19-9-5-4-6-16(22)20-18/h10-11H,4-9,18H2,1-3H3,(H,19,21)(H,20,22). The van der Waals surface area contributed by atoms with E-state index in [0.717, 1.165) is 12.0 Å². The molecule has 8 heteroatoms. The van der Waals surface area contributed by atoms with Crippen molar-refractivity contribution in [1.82, 2.24) is 10.7 Å². The Morgan fingerprint density at radius 2 is 1.60 bits per heavy atom. The Labute approximate surface area is 148 Å². The van der Waals surface area contributed by atoms with Crippen molar-refractivity contribution >= 4 is 11.8 Å². The van der Waals surface area contributed by atoms with E-state index < -0.39 is 0 Å². The molecule has 0 heterocycles. The monoisotopic (exact) mass is 353 g/mol. The zero-order chi connectivity index (χ0) is 18.7. The average molecular weight is 353 g/mol. The van der Waals surface area contributed by atoms with Gasteiger partial charge in [-0.15, -0.1) is 0 Å². The van der Waals surface area contributed by atoms with Crippen LogP contribution in [0.4, 0.5) is 0 Å². The summed E-state index contributed by atoms with van der Waals surface area (Å²) in [5.74, 6) is 6.41. The van der Waals surface area contributed by atoms with Crippen LogP contribution in [0.15, 0.2) is 12.1 Å². The van der Waals surface area contributed by atoms with Gasteiger partial charge in [0.1, 0.15) is 0 Å². The molecular weight excluding hydrogens is 326 g/mol. The molecular formula is C17H27N3O5. The van der Waals surface area contributed by atoms with Crippen LogP contribution in [-0.4, -0.2) is 39.7 Å². The number of hydrogen-bond acceptors (Lipinski definition) is 6. The molecule has 4 N–H and O–H groups in total. The van der Waals surface area contributed by atoms with Gasteiger partial charge in [-0.1, -0.05) is 0 Å². The highest BCUT2D eigenvalue weighted by Gasteiger charge is 2.13. The maximum atomic E-state index is 11.9. The third kappa shape index (κ3) is 6.88. The van der Waals surface area contributed by atoms with E-state index >= 15 is 0 Å². The fraction of sp³-hybridized carbons (Fsp3) is 0.529. The molecule has 0 saturated carbocycles. The molecule has 0 aromatic heterocycles. The number of ether oxygens (including phenoxy) is 3. The normalized spacial score (nSPS) is 10.1. The summed E-state index contributed by atoms with van der Waals surface area (Å²) in [6, 6.07) is 3.67. The summed E-state index contributed by atoms with van der Waals surface area (Å²) in [6.45, 7) is 0.534. The molecule has 140 valence electrons. The summed E-state index contributed by atoms with van der Waals surface area (Å²) in [5, 5.41) is 2.84. The van der Waals surface area contributed by atoms with Crippen molar-refractivity contribution in [2.75, 3.05) is 27.9 Å². The van der Waals surface area contributed by atoms with Gasteiger partial charge >= 0.3 is 0 Å². The molecule has 0 atom stereocenters. The molecule has 0 fully saturated rings. The lowest BCUT2D eigenvalue weighted by Crippen LogP contribution is -2.30. The Bertz CT molecular complexity index is 552. The summed E-state index contributed by atoms with van der Waals surface area (Å²) in [5.41, 5.74) is 2.99. The van der Waals surface area contributed by atoms with Crippen LogP contribution in [0.5, 0.6) is 17.2 Å². The molecule has 0 saturated heterocycles. The number of benzene rings is 1. The highest BCUT2D eigenvalue weighted by molar-refractivity contribution is 5.76. The van der Waals surface area contributed by atoms with Crippen LogP contribution >= 0.6 is 0 Å². The number of unbranched alkanes of at least 4 members (excludes halogenated alkanes) is 1. The number of nitrogens with two attached hydrogens (primary N) is 1. The number of carbonyl (C=O) groups is 2. The topological polar surface area (TPSA) is 112 Å². The molecule has 1 aromatic carbocycles. The van der Waals surface area contributed by atoms with Crippen molar-refractivity contribution in [3.05, 3.63) is 17.7 Å². The highest BCUT2D eigenvalue weighted by atomic mass is 16.5. The quantitative estimate of drug-likeness (QED) is 0.236. The van der Waals surface area contributed by atoms with Gasteiger partial charge in [-0.25, -0.2) is 5.84 Å². The van der Waals surface area contributed by atoms with Crippen LogP contribution in [-0.2, 0) is 16.0 Å². The smallest absolute Gasteiger partial charge is 0.233 e. The summed E-state index contributed by atoms with van der Waals surface area (Å²) in [7, 11) is 4.65. The van der Waals surface area contributed by atoms with E-state index in [1.807, 2.05) is 12.1 Å². The predicted molar refractivity (Wildman–Crippen MR) is 93.6 cm³/mol. The zero-order valence-electron chi connectivity index (χ0n) is 15.0. The second-order valence-corrected chi connectivity index (χ2v) is 5.41. The first-order valence-corrected chi connectivity index (χ1v) is 8.10. The number of carbonyl (C=O) groups excluding carboxylic acids is 2. The molecule has 0 radical (unpaired) electrons. The Hall–Kier alpha value is -2.48. The van der Waals surface area contributed by atoms with E-state index in [-0.39, 0.29) is 11.8 Å². The van der Waals surface area contributed by atoms with Gasteiger partial charge in [0, 0.05) is 19.4 Å². The molecule has 8 nitrogen and oxygen atoms in total. The van der Waals surface area contributed by atoms with Crippen molar-refractivity contribution in [1.29, 1.82) is 0 Å². The van der Waals surface area contributed by atoms with Gasteiger partial charge in [-0.3, -0.25) is 15.0 Å².